The van der Waals surface area contributed by atoms with Crippen molar-refractivity contribution in [3.63, 3.8) is 0 Å². The van der Waals surface area contributed by atoms with Gasteiger partial charge in [0.05, 0.1) is 7.11 Å². The Morgan fingerprint density at radius 3 is 1.92 bits per heavy atom. The highest BCUT2D eigenvalue weighted by Gasteiger charge is 2.12. The van der Waals surface area contributed by atoms with Gasteiger partial charge in [0.2, 0.25) is 0 Å². The fourth-order valence-electron chi connectivity index (χ4n) is 2.17. The summed E-state index contributed by atoms with van der Waals surface area (Å²) in [6.45, 7) is 6.31. The minimum atomic E-state index is -0.0855. The van der Waals surface area contributed by atoms with Crippen molar-refractivity contribution < 1.29 is 14.3 Å². The van der Waals surface area contributed by atoms with E-state index in [4.69, 9.17) is 10.5 Å². The van der Waals surface area contributed by atoms with E-state index in [2.05, 4.69) is 41.2 Å². The van der Waals surface area contributed by atoms with E-state index in [0.29, 0.717) is 12.0 Å². The Kier molecular flexibility index (Phi) is 9.09. The van der Waals surface area contributed by atoms with Crippen LogP contribution in [0.4, 0.5) is 0 Å². The maximum Gasteiger partial charge on any atom is 0.292 e. The third kappa shape index (κ3) is 6.69. The molecular formula is C21H28N2O3. The summed E-state index contributed by atoms with van der Waals surface area (Å²) in [5.74, 6) is -0.0855. The number of hydrogen-bond donors (Lipinski definition) is 2. The molecule has 0 saturated heterocycles. The number of methoxy groups -OCH3 is 1. The van der Waals surface area contributed by atoms with Gasteiger partial charge in [0, 0.05) is 17.6 Å². The quantitative estimate of drug-likeness (QED) is 0.779. The molecule has 2 aromatic carbocycles. The Bertz CT molecular complexity index is 679. The number of carbonyl (C=O) groups excluding carboxylic acids is 2. The highest BCUT2D eigenvalue weighted by molar-refractivity contribution is 5.94. The molecule has 0 fully saturated rings. The van der Waals surface area contributed by atoms with Gasteiger partial charge in [-0.05, 0) is 49.1 Å². The molecule has 0 heterocycles. The monoisotopic (exact) mass is 356 g/mol. The van der Waals surface area contributed by atoms with Crippen molar-refractivity contribution in [3.05, 3.63) is 59.7 Å². The van der Waals surface area contributed by atoms with Crippen LogP contribution in [0.1, 0.15) is 36.7 Å². The van der Waals surface area contributed by atoms with E-state index in [1.54, 1.807) is 0 Å². The van der Waals surface area contributed by atoms with Gasteiger partial charge in [0.25, 0.3) is 12.4 Å². The fourth-order valence-corrected chi connectivity index (χ4v) is 2.17. The van der Waals surface area contributed by atoms with E-state index in [1.165, 1.54) is 12.7 Å². The van der Waals surface area contributed by atoms with Gasteiger partial charge in [0.15, 0.2) is 0 Å². The van der Waals surface area contributed by atoms with Crippen LogP contribution in [0.15, 0.2) is 48.5 Å². The van der Waals surface area contributed by atoms with Crippen LogP contribution in [0.25, 0.3) is 11.1 Å². The number of amides is 1. The Hall–Kier alpha value is -2.66. The Morgan fingerprint density at radius 2 is 1.54 bits per heavy atom. The van der Waals surface area contributed by atoms with Crippen LogP contribution in [0.5, 0.6) is 0 Å². The SMILES string of the molecule is CCc1ccc(-c2ccc(C(=O)NC(C)C(C)N)cc2)cc1.COC=O. The van der Waals surface area contributed by atoms with Crippen LogP contribution in [0.2, 0.25) is 0 Å². The summed E-state index contributed by atoms with van der Waals surface area (Å²) < 4.78 is 3.86. The lowest BCUT2D eigenvalue weighted by atomic mass is 10.0. The van der Waals surface area contributed by atoms with Crippen LogP contribution in [0, 0.1) is 0 Å². The second-order valence-electron chi connectivity index (χ2n) is 6.08. The largest absolute Gasteiger partial charge is 0.471 e. The molecule has 0 aliphatic rings. The molecule has 26 heavy (non-hydrogen) atoms. The lowest BCUT2D eigenvalue weighted by molar-refractivity contribution is -0.126. The summed E-state index contributed by atoms with van der Waals surface area (Å²) in [6, 6.07) is 16.1. The Labute approximate surface area is 155 Å². The van der Waals surface area contributed by atoms with Gasteiger partial charge in [-0.1, -0.05) is 43.3 Å². The van der Waals surface area contributed by atoms with Gasteiger partial charge in [-0.15, -0.1) is 0 Å². The second kappa shape index (κ2) is 11.1. The third-order valence-corrected chi connectivity index (χ3v) is 4.09. The number of hydrogen-bond acceptors (Lipinski definition) is 4. The zero-order valence-corrected chi connectivity index (χ0v) is 15.9. The molecule has 0 bridgehead atoms. The summed E-state index contributed by atoms with van der Waals surface area (Å²) in [7, 11) is 1.31. The predicted molar refractivity (Wildman–Crippen MR) is 105 cm³/mol. The summed E-state index contributed by atoms with van der Waals surface area (Å²) in [4.78, 5) is 21.1. The number of nitrogens with two attached hydrogens (primary N) is 1. The van der Waals surface area contributed by atoms with Gasteiger partial charge in [-0.25, -0.2) is 0 Å². The summed E-state index contributed by atoms with van der Waals surface area (Å²) in [5.41, 5.74) is 10.0. The smallest absolute Gasteiger partial charge is 0.292 e. The number of benzene rings is 2. The van der Waals surface area contributed by atoms with Crippen LogP contribution >= 0.6 is 0 Å². The molecular weight excluding hydrogens is 328 g/mol. The first-order valence-electron chi connectivity index (χ1n) is 8.65. The summed E-state index contributed by atoms with van der Waals surface area (Å²) in [6.07, 6.45) is 1.04. The van der Waals surface area contributed by atoms with Crippen LogP contribution in [-0.2, 0) is 16.0 Å². The number of nitrogens with one attached hydrogen (secondary N) is 1. The van der Waals surface area contributed by atoms with Crippen molar-refractivity contribution in [3.8, 4) is 11.1 Å². The zero-order valence-electron chi connectivity index (χ0n) is 15.9. The van der Waals surface area contributed by atoms with E-state index in [0.717, 1.165) is 17.5 Å². The Morgan fingerprint density at radius 1 is 1.08 bits per heavy atom. The first-order valence-corrected chi connectivity index (χ1v) is 8.65. The summed E-state index contributed by atoms with van der Waals surface area (Å²) >= 11 is 0. The summed E-state index contributed by atoms with van der Waals surface area (Å²) in [5, 5.41) is 2.91. The van der Waals surface area contributed by atoms with Crippen molar-refractivity contribution in [2.45, 2.75) is 39.3 Å². The topological polar surface area (TPSA) is 81.4 Å². The molecule has 5 nitrogen and oxygen atoms in total. The van der Waals surface area contributed by atoms with E-state index in [9.17, 15) is 4.79 Å². The molecule has 2 aromatic rings. The van der Waals surface area contributed by atoms with Crippen LogP contribution < -0.4 is 11.1 Å². The molecule has 0 aliphatic heterocycles. The van der Waals surface area contributed by atoms with Crippen molar-refractivity contribution in [1.29, 1.82) is 0 Å². The first kappa shape index (κ1) is 21.4. The molecule has 2 rings (SSSR count). The van der Waals surface area contributed by atoms with Gasteiger partial charge < -0.3 is 15.8 Å². The molecule has 3 N–H and O–H groups in total. The lowest BCUT2D eigenvalue weighted by Crippen LogP contribution is -2.43. The molecule has 0 radical (unpaired) electrons. The lowest BCUT2D eigenvalue weighted by Gasteiger charge is -2.17. The molecule has 5 heteroatoms. The zero-order chi connectivity index (χ0) is 19.5. The average Bonchev–Trinajstić information content (AvgIpc) is 2.68. The van der Waals surface area contributed by atoms with Crippen molar-refractivity contribution >= 4 is 12.4 Å². The number of carbonyl (C=O) groups is 2. The predicted octanol–water partition coefficient (Wildman–Crippen LogP) is 3.17. The van der Waals surface area contributed by atoms with Crippen molar-refractivity contribution in [2.24, 2.45) is 5.73 Å². The maximum atomic E-state index is 12.1. The molecule has 0 aromatic heterocycles. The highest BCUT2D eigenvalue weighted by Crippen LogP contribution is 2.20. The minimum absolute atomic E-state index is 0.0474. The van der Waals surface area contributed by atoms with Crippen LogP contribution in [0.3, 0.4) is 0 Å². The van der Waals surface area contributed by atoms with Gasteiger partial charge in [0.1, 0.15) is 0 Å². The van der Waals surface area contributed by atoms with Crippen molar-refractivity contribution in [1.82, 2.24) is 5.32 Å². The average molecular weight is 356 g/mol. The molecule has 1 amide bonds. The van der Waals surface area contributed by atoms with E-state index in [1.807, 2.05) is 38.1 Å². The molecule has 0 spiro atoms. The van der Waals surface area contributed by atoms with Crippen molar-refractivity contribution in [2.75, 3.05) is 7.11 Å². The highest BCUT2D eigenvalue weighted by atomic mass is 16.5. The van der Waals surface area contributed by atoms with Gasteiger partial charge in [-0.2, -0.15) is 0 Å². The normalized spacial score (nSPS) is 12.2. The van der Waals surface area contributed by atoms with E-state index >= 15 is 0 Å². The van der Waals surface area contributed by atoms with Crippen LogP contribution in [-0.4, -0.2) is 31.6 Å². The maximum absolute atomic E-state index is 12.1. The minimum Gasteiger partial charge on any atom is -0.471 e. The van der Waals surface area contributed by atoms with Gasteiger partial charge in [-0.3, -0.25) is 9.59 Å². The van der Waals surface area contributed by atoms with E-state index < -0.39 is 0 Å². The fraction of sp³-hybridized carbons (Fsp3) is 0.333. The number of ether oxygens (including phenoxy) is 1. The third-order valence-electron chi connectivity index (χ3n) is 4.09. The first-order chi connectivity index (χ1) is 12.4. The molecule has 140 valence electrons. The molecule has 2 unspecified atom stereocenters. The molecule has 0 saturated carbocycles. The molecule has 2 atom stereocenters. The second-order valence-corrected chi connectivity index (χ2v) is 6.08. The number of rotatable bonds is 6. The standard InChI is InChI=1S/C19H24N2O.C2H4O2/c1-4-15-5-7-16(8-6-15)17-9-11-18(12-10-17)19(22)21-14(3)13(2)20;1-4-2-3/h5-14H,4,20H2,1-3H3,(H,21,22);2H,1H3. The van der Waals surface area contributed by atoms with E-state index in [-0.39, 0.29) is 18.0 Å². The number of aryl methyl sites for hydroxylation is 1. The Balaban J connectivity index is 0.000000765. The van der Waals surface area contributed by atoms with Gasteiger partial charge >= 0.3 is 0 Å². The molecule has 0 aliphatic carbocycles.